The van der Waals surface area contributed by atoms with E-state index in [1.165, 1.54) is 4.90 Å². The van der Waals surface area contributed by atoms with Crippen molar-refractivity contribution in [3.8, 4) is 0 Å². The van der Waals surface area contributed by atoms with Gasteiger partial charge in [-0.2, -0.15) is 0 Å². The fraction of sp³-hybridized carbons (Fsp3) is 0.364. The summed E-state index contributed by atoms with van der Waals surface area (Å²) in [6, 6.07) is 1.16. The Morgan fingerprint density at radius 2 is 2.35 bits per heavy atom. The van der Waals surface area contributed by atoms with Crippen molar-refractivity contribution in [3.63, 3.8) is 0 Å². The van der Waals surface area contributed by atoms with Crippen molar-refractivity contribution in [1.82, 2.24) is 15.2 Å². The van der Waals surface area contributed by atoms with Crippen LogP contribution in [0.3, 0.4) is 0 Å². The van der Waals surface area contributed by atoms with Crippen LogP contribution in [0.1, 0.15) is 10.4 Å². The molecule has 0 unspecified atom stereocenters. The van der Waals surface area contributed by atoms with E-state index in [4.69, 9.17) is 0 Å². The zero-order valence-electron chi connectivity index (χ0n) is 10.8. The second-order valence-corrected chi connectivity index (χ2v) is 4.17. The quantitative estimate of drug-likeness (QED) is 0.574. The topological polar surface area (TPSA) is 117 Å². The number of carbonyl (C=O) groups is 2. The Morgan fingerprint density at radius 1 is 1.60 bits per heavy atom. The van der Waals surface area contributed by atoms with Gasteiger partial charge in [0.15, 0.2) is 0 Å². The van der Waals surface area contributed by atoms with Gasteiger partial charge in [-0.05, 0) is 0 Å². The standard InChI is InChI=1S/C11H13N5O4/c1-12-10-8(4-7(5-14-10)16(19)20)11(18)15-3-2-13-9(17)6-15/h4-5H,2-3,6H2,1H3,(H,12,14)(H,13,17). The molecule has 0 bridgehead atoms. The molecule has 1 saturated heterocycles. The first-order valence-corrected chi connectivity index (χ1v) is 5.91. The van der Waals surface area contributed by atoms with Gasteiger partial charge in [0.05, 0.1) is 17.0 Å². The van der Waals surface area contributed by atoms with Crippen LogP contribution >= 0.6 is 0 Å². The van der Waals surface area contributed by atoms with Crippen LogP contribution in [0.5, 0.6) is 0 Å². The van der Waals surface area contributed by atoms with Crippen LogP contribution in [0, 0.1) is 10.1 Å². The van der Waals surface area contributed by atoms with Gasteiger partial charge in [0.25, 0.3) is 11.6 Å². The Kier molecular flexibility index (Phi) is 3.78. The van der Waals surface area contributed by atoms with E-state index in [1.54, 1.807) is 7.05 Å². The summed E-state index contributed by atoms with van der Waals surface area (Å²) in [5.41, 5.74) is -0.190. The van der Waals surface area contributed by atoms with Crippen molar-refractivity contribution in [1.29, 1.82) is 0 Å². The third-order valence-electron chi connectivity index (χ3n) is 2.88. The third kappa shape index (κ3) is 2.66. The highest BCUT2D eigenvalue weighted by molar-refractivity contribution is 6.01. The molecule has 1 aliphatic rings. The number of nitrogens with one attached hydrogen (secondary N) is 2. The predicted molar refractivity (Wildman–Crippen MR) is 69.4 cm³/mol. The minimum atomic E-state index is -0.619. The van der Waals surface area contributed by atoms with E-state index >= 15 is 0 Å². The lowest BCUT2D eigenvalue weighted by Gasteiger charge is -2.27. The summed E-state index contributed by atoms with van der Waals surface area (Å²) in [5, 5.41) is 16.1. The van der Waals surface area contributed by atoms with Crippen molar-refractivity contribution in [2.45, 2.75) is 0 Å². The molecule has 20 heavy (non-hydrogen) atoms. The van der Waals surface area contributed by atoms with Gasteiger partial charge in [-0.15, -0.1) is 0 Å². The summed E-state index contributed by atoms with van der Waals surface area (Å²) in [5.74, 6) is -0.471. The van der Waals surface area contributed by atoms with Gasteiger partial charge in [-0.1, -0.05) is 0 Å². The van der Waals surface area contributed by atoms with Gasteiger partial charge in [-0.25, -0.2) is 4.98 Å². The van der Waals surface area contributed by atoms with Crippen LogP contribution < -0.4 is 10.6 Å². The molecule has 2 rings (SSSR count). The Hall–Kier alpha value is -2.71. The lowest BCUT2D eigenvalue weighted by Crippen LogP contribution is -2.50. The van der Waals surface area contributed by atoms with Gasteiger partial charge in [0.2, 0.25) is 5.91 Å². The highest BCUT2D eigenvalue weighted by atomic mass is 16.6. The maximum Gasteiger partial charge on any atom is 0.288 e. The Balaban J connectivity index is 2.34. The molecule has 1 fully saturated rings. The highest BCUT2D eigenvalue weighted by Gasteiger charge is 2.26. The fourth-order valence-corrected chi connectivity index (χ4v) is 1.90. The number of hydrogen-bond donors (Lipinski definition) is 2. The maximum absolute atomic E-state index is 12.3. The Morgan fingerprint density at radius 3 is 2.95 bits per heavy atom. The zero-order valence-corrected chi connectivity index (χ0v) is 10.8. The molecule has 2 heterocycles. The molecular formula is C11H13N5O4. The molecule has 2 amide bonds. The average molecular weight is 279 g/mol. The van der Waals surface area contributed by atoms with E-state index in [9.17, 15) is 19.7 Å². The third-order valence-corrected chi connectivity index (χ3v) is 2.88. The number of nitro groups is 1. The normalized spacial score (nSPS) is 14.7. The Labute approximate surface area is 114 Å². The first-order valence-electron chi connectivity index (χ1n) is 5.91. The van der Waals surface area contributed by atoms with Crippen LogP contribution in [0.15, 0.2) is 12.3 Å². The van der Waals surface area contributed by atoms with Crippen LogP contribution in [-0.4, -0.2) is 53.3 Å². The lowest BCUT2D eigenvalue weighted by atomic mass is 10.2. The summed E-state index contributed by atoms with van der Waals surface area (Å²) < 4.78 is 0. The van der Waals surface area contributed by atoms with E-state index in [1.807, 2.05) is 0 Å². The van der Waals surface area contributed by atoms with Gasteiger partial charge >= 0.3 is 0 Å². The number of carbonyl (C=O) groups excluding carboxylic acids is 2. The number of amides is 2. The van der Waals surface area contributed by atoms with Gasteiger partial charge in [0, 0.05) is 26.2 Å². The second kappa shape index (κ2) is 5.51. The van der Waals surface area contributed by atoms with E-state index in [0.29, 0.717) is 13.1 Å². The zero-order chi connectivity index (χ0) is 14.7. The minimum absolute atomic E-state index is 0.0648. The summed E-state index contributed by atoms with van der Waals surface area (Å²) in [7, 11) is 1.56. The largest absolute Gasteiger partial charge is 0.372 e. The summed E-state index contributed by atoms with van der Waals surface area (Å²) in [6.07, 6.45) is 1.07. The molecule has 0 saturated carbocycles. The highest BCUT2D eigenvalue weighted by Crippen LogP contribution is 2.20. The van der Waals surface area contributed by atoms with Crippen molar-refractivity contribution < 1.29 is 14.5 Å². The van der Waals surface area contributed by atoms with Gasteiger partial charge in [-0.3, -0.25) is 19.7 Å². The van der Waals surface area contributed by atoms with Crippen LogP contribution in [0.2, 0.25) is 0 Å². The summed E-state index contributed by atoms with van der Waals surface area (Å²) in [6.45, 7) is 0.656. The Bertz CT molecular complexity index is 574. The lowest BCUT2D eigenvalue weighted by molar-refractivity contribution is -0.385. The summed E-state index contributed by atoms with van der Waals surface area (Å²) in [4.78, 5) is 39.0. The molecule has 0 aromatic carbocycles. The van der Waals surface area contributed by atoms with Crippen LogP contribution in [-0.2, 0) is 4.79 Å². The number of aromatic nitrogens is 1. The van der Waals surface area contributed by atoms with E-state index in [2.05, 4.69) is 15.6 Å². The van der Waals surface area contributed by atoms with Gasteiger partial charge in [0.1, 0.15) is 12.0 Å². The molecule has 1 aromatic rings. The van der Waals surface area contributed by atoms with Crippen molar-refractivity contribution in [2.24, 2.45) is 0 Å². The molecular weight excluding hydrogens is 266 g/mol. The van der Waals surface area contributed by atoms with Gasteiger partial charge < -0.3 is 15.5 Å². The number of piperazine rings is 1. The molecule has 106 valence electrons. The smallest absolute Gasteiger partial charge is 0.288 e. The van der Waals surface area contributed by atoms with E-state index in [-0.39, 0.29) is 29.5 Å². The number of pyridine rings is 1. The average Bonchev–Trinajstić information content (AvgIpc) is 2.45. The number of hydrogen-bond acceptors (Lipinski definition) is 6. The monoisotopic (exact) mass is 279 g/mol. The molecule has 1 aliphatic heterocycles. The minimum Gasteiger partial charge on any atom is -0.372 e. The molecule has 0 aliphatic carbocycles. The maximum atomic E-state index is 12.3. The van der Waals surface area contributed by atoms with Crippen LogP contribution in [0.25, 0.3) is 0 Å². The van der Waals surface area contributed by atoms with Crippen molar-refractivity contribution in [2.75, 3.05) is 32.0 Å². The van der Waals surface area contributed by atoms with Crippen molar-refractivity contribution >= 4 is 23.3 Å². The van der Waals surface area contributed by atoms with Crippen molar-refractivity contribution in [3.05, 3.63) is 27.9 Å². The first-order chi connectivity index (χ1) is 9.52. The van der Waals surface area contributed by atoms with E-state index < -0.39 is 10.8 Å². The van der Waals surface area contributed by atoms with E-state index in [0.717, 1.165) is 12.3 Å². The molecule has 1 aromatic heterocycles. The fourth-order valence-electron chi connectivity index (χ4n) is 1.90. The molecule has 2 N–H and O–H groups in total. The number of rotatable bonds is 3. The number of anilines is 1. The molecule has 9 heteroatoms. The molecule has 9 nitrogen and oxygen atoms in total. The first kappa shape index (κ1) is 13.7. The SMILES string of the molecule is CNc1ncc([N+](=O)[O-])cc1C(=O)N1CCNC(=O)C1. The second-order valence-electron chi connectivity index (χ2n) is 4.17. The molecule has 0 radical (unpaired) electrons. The predicted octanol–water partition coefficient (Wildman–Crippen LogP) is -0.397. The molecule has 0 spiro atoms. The number of nitrogens with zero attached hydrogens (tertiary/aromatic N) is 3. The molecule has 0 atom stereocenters. The summed E-state index contributed by atoms with van der Waals surface area (Å²) >= 11 is 0. The van der Waals surface area contributed by atoms with Crippen LogP contribution in [0.4, 0.5) is 11.5 Å².